The molecule has 1 aliphatic heterocycles. The molecule has 0 bridgehead atoms. The number of nitrogens with zero attached hydrogens (tertiary/aromatic N) is 4. The number of hydrogen-bond acceptors (Lipinski definition) is 9. The maximum Gasteiger partial charge on any atom is 0.410 e. The van der Waals surface area contributed by atoms with Crippen LogP contribution in [-0.2, 0) is 14.3 Å². The highest BCUT2D eigenvalue weighted by Crippen LogP contribution is 2.35. The summed E-state index contributed by atoms with van der Waals surface area (Å²) in [6.07, 6.45) is 1.18. The van der Waals surface area contributed by atoms with E-state index in [9.17, 15) is 9.59 Å². The van der Waals surface area contributed by atoms with Crippen LogP contribution in [0.25, 0.3) is 10.9 Å². The Morgan fingerprint density at radius 2 is 1.74 bits per heavy atom. The molecule has 0 unspecified atom stereocenters. The van der Waals surface area contributed by atoms with Gasteiger partial charge in [-0.25, -0.2) is 19.6 Å². The number of aromatic nitrogens is 2. The van der Waals surface area contributed by atoms with Crippen molar-refractivity contribution in [2.24, 2.45) is 0 Å². The maximum atomic E-state index is 12.3. The molecular formula is C21H28N4O6. The highest BCUT2D eigenvalue weighted by Gasteiger charge is 2.27. The van der Waals surface area contributed by atoms with E-state index in [-0.39, 0.29) is 12.7 Å². The van der Waals surface area contributed by atoms with Gasteiger partial charge in [-0.15, -0.1) is 0 Å². The number of amides is 1. The lowest BCUT2D eigenvalue weighted by Crippen LogP contribution is -2.50. The van der Waals surface area contributed by atoms with Gasteiger partial charge in [-0.1, -0.05) is 0 Å². The fourth-order valence-corrected chi connectivity index (χ4v) is 3.20. The normalized spacial score (nSPS) is 14.4. The van der Waals surface area contributed by atoms with Gasteiger partial charge in [0.2, 0.25) is 0 Å². The van der Waals surface area contributed by atoms with Gasteiger partial charge in [0.05, 0.1) is 19.7 Å². The van der Waals surface area contributed by atoms with Crippen molar-refractivity contribution in [3.63, 3.8) is 0 Å². The van der Waals surface area contributed by atoms with Gasteiger partial charge in [-0.3, -0.25) is 0 Å². The molecule has 3 rings (SSSR count). The number of anilines is 1. The molecule has 0 radical (unpaired) electrons. The van der Waals surface area contributed by atoms with Crippen LogP contribution in [0.4, 0.5) is 10.6 Å². The summed E-state index contributed by atoms with van der Waals surface area (Å²) < 4.78 is 21.0. The quantitative estimate of drug-likeness (QED) is 0.658. The van der Waals surface area contributed by atoms with Gasteiger partial charge in [0.25, 0.3) is 0 Å². The van der Waals surface area contributed by atoms with Crippen LogP contribution in [0.3, 0.4) is 0 Å². The molecule has 2 aromatic rings. The molecule has 1 aliphatic rings. The zero-order chi connectivity index (χ0) is 22.6. The van der Waals surface area contributed by atoms with E-state index >= 15 is 0 Å². The second-order valence-electron chi connectivity index (χ2n) is 8.04. The Balaban J connectivity index is 1.81. The van der Waals surface area contributed by atoms with Crippen LogP contribution in [0.2, 0.25) is 0 Å². The monoisotopic (exact) mass is 432 g/mol. The van der Waals surface area contributed by atoms with Crippen molar-refractivity contribution in [1.82, 2.24) is 14.9 Å². The van der Waals surface area contributed by atoms with Crippen LogP contribution in [0.5, 0.6) is 11.5 Å². The number of ether oxygens (including phenoxy) is 4. The number of methoxy groups -OCH3 is 2. The summed E-state index contributed by atoms with van der Waals surface area (Å²) in [5.74, 6) is 1.07. The minimum absolute atomic E-state index is 0.240. The van der Waals surface area contributed by atoms with E-state index in [0.29, 0.717) is 43.2 Å². The Morgan fingerprint density at radius 3 is 2.35 bits per heavy atom. The summed E-state index contributed by atoms with van der Waals surface area (Å²) in [7, 11) is 2.82. The highest BCUT2D eigenvalue weighted by molar-refractivity contribution is 5.92. The summed E-state index contributed by atoms with van der Waals surface area (Å²) in [4.78, 5) is 36.4. The first-order chi connectivity index (χ1) is 14.7. The van der Waals surface area contributed by atoms with Gasteiger partial charge < -0.3 is 28.7 Å². The van der Waals surface area contributed by atoms with Crippen molar-refractivity contribution in [1.29, 1.82) is 0 Å². The number of carbonyl (C=O) groups is 2. The van der Waals surface area contributed by atoms with E-state index in [2.05, 4.69) is 19.6 Å². The lowest BCUT2D eigenvalue weighted by atomic mass is 10.2. The standard InChI is InChI=1S/C21H28N4O6/c1-21(2,3)31-20(27)25-8-6-24(7-9-25)19-14-10-17(30-12-18(26)29-5)16(28-4)11-15(14)22-13-23-19/h10-11,13H,6-9,12H2,1-5H3. The van der Waals surface area contributed by atoms with E-state index < -0.39 is 11.6 Å². The largest absolute Gasteiger partial charge is 0.493 e. The zero-order valence-electron chi connectivity index (χ0n) is 18.5. The molecule has 10 nitrogen and oxygen atoms in total. The summed E-state index contributed by atoms with van der Waals surface area (Å²) in [5, 5.41) is 0.758. The van der Waals surface area contributed by atoms with Crippen LogP contribution < -0.4 is 14.4 Å². The second kappa shape index (κ2) is 9.23. The summed E-state index contributed by atoms with van der Waals surface area (Å²) in [6.45, 7) is 7.53. The zero-order valence-corrected chi connectivity index (χ0v) is 18.5. The van der Waals surface area contributed by atoms with Crippen LogP contribution in [-0.4, -0.2) is 79.5 Å². The van der Waals surface area contributed by atoms with Crippen molar-refractivity contribution >= 4 is 28.8 Å². The Hall–Kier alpha value is -3.30. The SMILES string of the molecule is COC(=O)COc1cc2c(N3CCN(C(=O)OC(C)(C)C)CC3)ncnc2cc1OC. The molecule has 1 amide bonds. The smallest absolute Gasteiger partial charge is 0.410 e. The van der Waals surface area contributed by atoms with E-state index in [4.69, 9.17) is 14.2 Å². The average Bonchev–Trinajstić information content (AvgIpc) is 2.75. The second-order valence-corrected chi connectivity index (χ2v) is 8.04. The van der Waals surface area contributed by atoms with Crippen LogP contribution >= 0.6 is 0 Å². The molecule has 0 atom stereocenters. The summed E-state index contributed by atoms with van der Waals surface area (Å²) in [5.41, 5.74) is 0.151. The van der Waals surface area contributed by atoms with Gasteiger partial charge in [0.1, 0.15) is 17.7 Å². The number of rotatable bonds is 5. The molecule has 1 fully saturated rings. The molecule has 1 saturated heterocycles. The topological polar surface area (TPSA) is 103 Å². The Labute approximate surface area is 181 Å². The van der Waals surface area contributed by atoms with Gasteiger partial charge in [0, 0.05) is 37.6 Å². The number of benzene rings is 1. The lowest BCUT2D eigenvalue weighted by Gasteiger charge is -2.36. The molecule has 1 aromatic heterocycles. The number of fused-ring (bicyclic) bond motifs is 1. The van der Waals surface area contributed by atoms with Crippen molar-refractivity contribution in [2.45, 2.75) is 26.4 Å². The molecule has 2 heterocycles. The van der Waals surface area contributed by atoms with Crippen LogP contribution in [0, 0.1) is 0 Å². The van der Waals surface area contributed by atoms with Gasteiger partial charge in [-0.05, 0) is 26.8 Å². The van der Waals surface area contributed by atoms with Crippen molar-refractivity contribution in [3.8, 4) is 11.5 Å². The molecule has 0 aliphatic carbocycles. The predicted molar refractivity (Wildman–Crippen MR) is 114 cm³/mol. The third-order valence-corrected chi connectivity index (χ3v) is 4.70. The first kappa shape index (κ1) is 22.4. The maximum absolute atomic E-state index is 12.3. The lowest BCUT2D eigenvalue weighted by molar-refractivity contribution is -0.142. The van der Waals surface area contributed by atoms with E-state index in [1.165, 1.54) is 20.5 Å². The van der Waals surface area contributed by atoms with Gasteiger partial charge in [-0.2, -0.15) is 0 Å². The number of carbonyl (C=O) groups excluding carboxylic acids is 2. The molecule has 0 N–H and O–H groups in total. The first-order valence-corrected chi connectivity index (χ1v) is 9.97. The Bertz CT molecular complexity index is 951. The minimum Gasteiger partial charge on any atom is -0.493 e. The summed E-state index contributed by atoms with van der Waals surface area (Å²) >= 11 is 0. The van der Waals surface area contributed by atoms with Crippen LogP contribution in [0.1, 0.15) is 20.8 Å². The molecular weight excluding hydrogens is 404 g/mol. The molecule has 31 heavy (non-hydrogen) atoms. The van der Waals surface area contributed by atoms with E-state index in [0.717, 1.165) is 11.2 Å². The number of piperazine rings is 1. The van der Waals surface area contributed by atoms with Crippen LogP contribution in [0.15, 0.2) is 18.5 Å². The summed E-state index contributed by atoms with van der Waals surface area (Å²) in [6, 6.07) is 3.50. The average molecular weight is 432 g/mol. The Kier molecular flexibility index (Phi) is 6.67. The molecule has 0 spiro atoms. The number of esters is 1. The van der Waals surface area contributed by atoms with Crippen molar-refractivity contribution in [3.05, 3.63) is 18.5 Å². The third kappa shape index (κ3) is 5.44. The fourth-order valence-electron chi connectivity index (χ4n) is 3.20. The van der Waals surface area contributed by atoms with E-state index in [1.807, 2.05) is 20.8 Å². The Morgan fingerprint density at radius 1 is 1.03 bits per heavy atom. The molecule has 168 valence electrons. The van der Waals surface area contributed by atoms with E-state index in [1.54, 1.807) is 17.0 Å². The molecule has 10 heteroatoms. The third-order valence-electron chi connectivity index (χ3n) is 4.70. The van der Waals surface area contributed by atoms with Crippen molar-refractivity contribution < 1.29 is 28.5 Å². The van der Waals surface area contributed by atoms with Gasteiger partial charge >= 0.3 is 12.1 Å². The number of hydrogen-bond donors (Lipinski definition) is 0. The highest BCUT2D eigenvalue weighted by atomic mass is 16.6. The minimum atomic E-state index is -0.531. The van der Waals surface area contributed by atoms with Crippen molar-refractivity contribution in [2.75, 3.05) is 51.9 Å². The molecule has 1 aromatic carbocycles. The fraction of sp³-hybridized carbons (Fsp3) is 0.524. The first-order valence-electron chi connectivity index (χ1n) is 9.97. The molecule has 0 saturated carbocycles. The van der Waals surface area contributed by atoms with Gasteiger partial charge in [0.15, 0.2) is 18.1 Å². The predicted octanol–water partition coefficient (Wildman–Crippen LogP) is 2.25.